The van der Waals surface area contributed by atoms with Gasteiger partial charge in [0.2, 0.25) is 5.91 Å². The number of ether oxygens (including phenoxy) is 1. The Bertz CT molecular complexity index is 701. The largest absolute Gasteiger partial charge is 0.497 e. The van der Waals surface area contributed by atoms with Gasteiger partial charge in [0, 0.05) is 19.2 Å². The van der Waals surface area contributed by atoms with Gasteiger partial charge in [0.25, 0.3) is 0 Å². The Morgan fingerprint density at radius 3 is 2.54 bits per heavy atom. The van der Waals surface area contributed by atoms with Crippen LogP contribution in [0.15, 0.2) is 60.7 Å². The minimum Gasteiger partial charge on any atom is -0.497 e. The highest BCUT2D eigenvalue weighted by molar-refractivity contribution is 5.91. The van der Waals surface area contributed by atoms with E-state index in [1.165, 1.54) is 5.56 Å². The fourth-order valence-electron chi connectivity index (χ4n) is 3.18. The summed E-state index contributed by atoms with van der Waals surface area (Å²) in [4.78, 5) is 14.3. The van der Waals surface area contributed by atoms with Gasteiger partial charge in [0.1, 0.15) is 5.75 Å². The van der Waals surface area contributed by atoms with E-state index in [1.54, 1.807) is 13.2 Å². The van der Waals surface area contributed by atoms with E-state index in [-0.39, 0.29) is 5.91 Å². The molecule has 1 aliphatic heterocycles. The highest BCUT2D eigenvalue weighted by atomic mass is 16.5. The fourth-order valence-corrected chi connectivity index (χ4v) is 3.18. The lowest BCUT2D eigenvalue weighted by Crippen LogP contribution is -2.36. The molecule has 0 N–H and O–H groups in total. The van der Waals surface area contributed by atoms with Crippen LogP contribution < -0.4 is 4.74 Å². The molecule has 0 radical (unpaired) electrons. The molecule has 0 spiro atoms. The summed E-state index contributed by atoms with van der Waals surface area (Å²) in [5, 5.41) is 0. The van der Waals surface area contributed by atoms with Gasteiger partial charge < -0.3 is 9.64 Å². The van der Waals surface area contributed by atoms with Crippen molar-refractivity contribution < 1.29 is 9.53 Å². The molecule has 0 bridgehead atoms. The summed E-state index contributed by atoms with van der Waals surface area (Å²) < 4.78 is 5.20. The Morgan fingerprint density at radius 1 is 1.08 bits per heavy atom. The van der Waals surface area contributed by atoms with E-state index in [0.717, 1.165) is 37.2 Å². The van der Waals surface area contributed by atoms with Gasteiger partial charge >= 0.3 is 0 Å². The molecular formula is C21H23NO2. The van der Waals surface area contributed by atoms with Crippen LogP contribution in [0, 0.1) is 0 Å². The maximum Gasteiger partial charge on any atom is 0.246 e. The molecule has 124 valence electrons. The van der Waals surface area contributed by atoms with Gasteiger partial charge in [-0.25, -0.2) is 0 Å². The summed E-state index contributed by atoms with van der Waals surface area (Å²) in [5.74, 6) is 1.45. The third-order valence-corrected chi connectivity index (χ3v) is 4.59. The summed E-state index contributed by atoms with van der Waals surface area (Å²) in [6.07, 6.45) is 5.58. The van der Waals surface area contributed by atoms with E-state index in [0.29, 0.717) is 5.92 Å². The summed E-state index contributed by atoms with van der Waals surface area (Å²) >= 11 is 0. The number of rotatable bonds is 4. The summed E-state index contributed by atoms with van der Waals surface area (Å²) in [6.45, 7) is 1.64. The SMILES string of the molecule is COc1cccc(/C=C/C(=O)N2CCC(c3ccccc3)CC2)c1. The number of hydrogen-bond acceptors (Lipinski definition) is 2. The zero-order valence-corrected chi connectivity index (χ0v) is 14.0. The molecule has 3 rings (SSSR count). The second-order valence-electron chi connectivity index (χ2n) is 6.12. The first-order valence-electron chi connectivity index (χ1n) is 8.42. The summed E-state index contributed by atoms with van der Waals surface area (Å²) in [6, 6.07) is 18.3. The van der Waals surface area contributed by atoms with Crippen molar-refractivity contribution in [2.45, 2.75) is 18.8 Å². The van der Waals surface area contributed by atoms with Gasteiger partial charge in [-0.3, -0.25) is 4.79 Å². The van der Waals surface area contributed by atoms with Crippen LogP contribution in [0.1, 0.15) is 29.9 Å². The average molecular weight is 321 g/mol. The maximum atomic E-state index is 12.4. The minimum atomic E-state index is 0.0873. The molecule has 1 saturated heterocycles. The van der Waals surface area contributed by atoms with Crippen molar-refractivity contribution in [3.8, 4) is 5.75 Å². The summed E-state index contributed by atoms with van der Waals surface area (Å²) in [7, 11) is 1.64. The third-order valence-electron chi connectivity index (χ3n) is 4.59. The topological polar surface area (TPSA) is 29.5 Å². The van der Waals surface area contributed by atoms with Gasteiger partial charge in [-0.15, -0.1) is 0 Å². The van der Waals surface area contributed by atoms with Gasteiger partial charge in [-0.1, -0.05) is 42.5 Å². The first-order valence-corrected chi connectivity index (χ1v) is 8.42. The molecule has 3 heteroatoms. The predicted octanol–water partition coefficient (Wildman–Crippen LogP) is 4.11. The lowest BCUT2D eigenvalue weighted by molar-refractivity contribution is -0.126. The number of likely N-dealkylation sites (tertiary alicyclic amines) is 1. The molecule has 0 aliphatic carbocycles. The van der Waals surface area contributed by atoms with E-state index in [4.69, 9.17) is 4.74 Å². The first-order chi connectivity index (χ1) is 11.8. The van der Waals surface area contributed by atoms with Gasteiger partial charge in [-0.05, 0) is 48.1 Å². The van der Waals surface area contributed by atoms with Crippen LogP contribution in [0.3, 0.4) is 0 Å². The average Bonchev–Trinajstić information content (AvgIpc) is 2.67. The number of carbonyl (C=O) groups is 1. The second kappa shape index (κ2) is 7.82. The number of hydrogen-bond donors (Lipinski definition) is 0. The van der Waals surface area contributed by atoms with Crippen LogP contribution in [0.4, 0.5) is 0 Å². The van der Waals surface area contributed by atoms with E-state index < -0.39 is 0 Å². The Labute approximate surface area is 143 Å². The molecule has 1 aliphatic rings. The number of benzene rings is 2. The second-order valence-corrected chi connectivity index (χ2v) is 6.12. The van der Waals surface area contributed by atoms with E-state index in [2.05, 4.69) is 24.3 Å². The van der Waals surface area contributed by atoms with Crippen molar-refractivity contribution in [2.75, 3.05) is 20.2 Å². The van der Waals surface area contributed by atoms with E-state index in [1.807, 2.05) is 41.3 Å². The molecule has 2 aromatic rings. The van der Waals surface area contributed by atoms with Crippen molar-refractivity contribution in [2.24, 2.45) is 0 Å². The molecule has 0 unspecified atom stereocenters. The van der Waals surface area contributed by atoms with Gasteiger partial charge in [0.15, 0.2) is 0 Å². The number of amides is 1. The molecule has 3 nitrogen and oxygen atoms in total. The Balaban J connectivity index is 1.56. The smallest absolute Gasteiger partial charge is 0.246 e. The van der Waals surface area contributed by atoms with Crippen LogP contribution in [0.5, 0.6) is 5.75 Å². The number of piperidine rings is 1. The minimum absolute atomic E-state index is 0.0873. The molecule has 2 aromatic carbocycles. The lowest BCUT2D eigenvalue weighted by Gasteiger charge is -2.31. The quantitative estimate of drug-likeness (QED) is 0.793. The van der Waals surface area contributed by atoms with Crippen molar-refractivity contribution in [1.82, 2.24) is 4.90 Å². The van der Waals surface area contributed by atoms with Crippen molar-refractivity contribution in [1.29, 1.82) is 0 Å². The van der Waals surface area contributed by atoms with Crippen LogP contribution in [0.2, 0.25) is 0 Å². The fraction of sp³-hybridized carbons (Fsp3) is 0.286. The standard InChI is InChI=1S/C21H23NO2/c1-24-20-9-5-6-17(16-20)10-11-21(23)22-14-12-19(13-15-22)18-7-3-2-4-8-18/h2-11,16,19H,12-15H2,1H3/b11-10+. The molecule has 1 fully saturated rings. The van der Waals surface area contributed by atoms with Gasteiger partial charge in [0.05, 0.1) is 7.11 Å². The molecule has 0 atom stereocenters. The van der Waals surface area contributed by atoms with E-state index >= 15 is 0 Å². The number of nitrogens with zero attached hydrogens (tertiary/aromatic N) is 1. The van der Waals surface area contributed by atoms with Crippen molar-refractivity contribution in [3.05, 3.63) is 71.8 Å². The highest BCUT2D eigenvalue weighted by Crippen LogP contribution is 2.27. The maximum absolute atomic E-state index is 12.4. The zero-order chi connectivity index (χ0) is 16.8. The van der Waals surface area contributed by atoms with Crippen LogP contribution in [-0.2, 0) is 4.79 Å². The van der Waals surface area contributed by atoms with E-state index in [9.17, 15) is 4.79 Å². The van der Waals surface area contributed by atoms with Crippen molar-refractivity contribution >= 4 is 12.0 Å². The molecule has 24 heavy (non-hydrogen) atoms. The Morgan fingerprint density at radius 2 is 1.83 bits per heavy atom. The Kier molecular flexibility index (Phi) is 5.32. The molecule has 1 amide bonds. The molecule has 1 heterocycles. The van der Waals surface area contributed by atoms with Crippen LogP contribution in [0.25, 0.3) is 6.08 Å². The highest BCUT2D eigenvalue weighted by Gasteiger charge is 2.22. The Hall–Kier alpha value is -2.55. The third kappa shape index (κ3) is 4.05. The molecule has 0 saturated carbocycles. The lowest BCUT2D eigenvalue weighted by atomic mass is 9.89. The zero-order valence-electron chi connectivity index (χ0n) is 14.0. The predicted molar refractivity (Wildman–Crippen MR) is 97.0 cm³/mol. The number of methoxy groups -OCH3 is 1. The van der Waals surface area contributed by atoms with Crippen LogP contribution in [-0.4, -0.2) is 31.0 Å². The molecular weight excluding hydrogens is 298 g/mol. The summed E-state index contributed by atoms with van der Waals surface area (Å²) in [5.41, 5.74) is 2.36. The van der Waals surface area contributed by atoms with Crippen molar-refractivity contribution in [3.63, 3.8) is 0 Å². The first kappa shape index (κ1) is 16.3. The van der Waals surface area contributed by atoms with Crippen LogP contribution >= 0.6 is 0 Å². The monoisotopic (exact) mass is 321 g/mol. The number of carbonyl (C=O) groups excluding carboxylic acids is 1. The van der Waals surface area contributed by atoms with Gasteiger partial charge in [-0.2, -0.15) is 0 Å². The normalized spacial score (nSPS) is 15.6. The molecule has 0 aromatic heterocycles.